The molecule has 21 heavy (non-hydrogen) atoms. The van der Waals surface area contributed by atoms with Gasteiger partial charge in [0.05, 0.1) is 6.04 Å². The van der Waals surface area contributed by atoms with Crippen LogP contribution >= 0.6 is 35.3 Å². The smallest absolute Gasteiger partial charge is 0.271 e. The molecule has 0 fully saturated rings. The summed E-state index contributed by atoms with van der Waals surface area (Å²) in [6, 6.07) is 5.84. The second-order valence-corrected chi connectivity index (χ2v) is 6.05. The molecule has 1 aromatic carbocycles. The normalized spacial score (nSPS) is 16.2. The molecule has 0 saturated carbocycles. The van der Waals surface area contributed by atoms with Crippen molar-refractivity contribution in [1.82, 2.24) is 10.3 Å². The third-order valence-electron chi connectivity index (χ3n) is 3.48. The van der Waals surface area contributed by atoms with Crippen LogP contribution in [0.15, 0.2) is 23.6 Å². The van der Waals surface area contributed by atoms with Crippen molar-refractivity contribution >= 4 is 41.3 Å². The first-order valence-electron chi connectivity index (χ1n) is 6.41. The number of aromatic nitrogens is 1. The summed E-state index contributed by atoms with van der Waals surface area (Å²) in [4.78, 5) is 16.4. The largest absolute Gasteiger partial charge is 0.344 e. The zero-order valence-corrected chi connectivity index (χ0v) is 13.5. The average molecular weight is 344 g/mol. The molecule has 3 N–H and O–H groups in total. The summed E-state index contributed by atoms with van der Waals surface area (Å²) in [6.07, 6.45) is 1.77. The van der Waals surface area contributed by atoms with Crippen LogP contribution in [0.25, 0.3) is 0 Å². The van der Waals surface area contributed by atoms with Crippen molar-refractivity contribution in [2.45, 2.75) is 25.4 Å². The van der Waals surface area contributed by atoms with Crippen LogP contribution in [0.3, 0.4) is 0 Å². The molecule has 112 valence electrons. The first-order valence-corrected chi connectivity index (χ1v) is 7.67. The molecule has 1 aliphatic carbocycles. The molecule has 0 radical (unpaired) electrons. The summed E-state index contributed by atoms with van der Waals surface area (Å²) >= 11 is 7.58. The van der Waals surface area contributed by atoms with E-state index in [9.17, 15) is 4.79 Å². The van der Waals surface area contributed by atoms with Crippen LogP contribution in [-0.2, 0) is 13.0 Å². The van der Waals surface area contributed by atoms with Gasteiger partial charge in [-0.2, -0.15) is 0 Å². The van der Waals surface area contributed by atoms with E-state index in [4.69, 9.17) is 17.3 Å². The Morgan fingerprint density at radius 3 is 3.05 bits per heavy atom. The number of amides is 1. The van der Waals surface area contributed by atoms with Crippen LogP contribution in [0.4, 0.5) is 0 Å². The van der Waals surface area contributed by atoms with Gasteiger partial charge < -0.3 is 11.1 Å². The molecule has 2 aromatic rings. The van der Waals surface area contributed by atoms with Crippen LogP contribution in [0.2, 0.25) is 5.02 Å². The predicted molar refractivity (Wildman–Crippen MR) is 87.2 cm³/mol. The highest BCUT2D eigenvalue weighted by atomic mass is 35.5. The average Bonchev–Trinajstić information content (AvgIpc) is 3.07. The van der Waals surface area contributed by atoms with Gasteiger partial charge in [-0.25, -0.2) is 4.98 Å². The number of carbonyl (C=O) groups is 1. The van der Waals surface area contributed by atoms with Gasteiger partial charge in [-0.15, -0.1) is 23.7 Å². The van der Waals surface area contributed by atoms with Crippen LogP contribution < -0.4 is 11.1 Å². The van der Waals surface area contributed by atoms with Gasteiger partial charge in [0.1, 0.15) is 10.7 Å². The van der Waals surface area contributed by atoms with Crippen molar-refractivity contribution in [1.29, 1.82) is 0 Å². The number of halogens is 2. The van der Waals surface area contributed by atoms with E-state index in [1.165, 1.54) is 11.3 Å². The lowest BCUT2D eigenvalue weighted by atomic mass is 10.1. The van der Waals surface area contributed by atoms with Crippen molar-refractivity contribution in [3.8, 4) is 0 Å². The van der Waals surface area contributed by atoms with Crippen LogP contribution in [0, 0.1) is 0 Å². The zero-order chi connectivity index (χ0) is 14.1. The van der Waals surface area contributed by atoms with Gasteiger partial charge in [0.15, 0.2) is 0 Å². The number of hydrogen-bond acceptors (Lipinski definition) is 4. The number of hydrogen-bond donors (Lipinski definition) is 2. The van der Waals surface area contributed by atoms with Gasteiger partial charge in [0.2, 0.25) is 0 Å². The first kappa shape index (κ1) is 16.2. The molecule has 1 unspecified atom stereocenters. The fourth-order valence-electron chi connectivity index (χ4n) is 2.50. The fraction of sp³-hybridized carbons (Fsp3) is 0.286. The molecule has 0 bridgehead atoms. The molecule has 3 rings (SSSR count). The maximum atomic E-state index is 12.2. The van der Waals surface area contributed by atoms with Crippen molar-refractivity contribution in [2.75, 3.05) is 0 Å². The SMILES string of the molecule is Cl.NCc1nc(C(=O)NC2CCc3c(Cl)cccc32)cs1. The van der Waals surface area contributed by atoms with Gasteiger partial charge in [-0.3, -0.25) is 4.79 Å². The van der Waals surface area contributed by atoms with E-state index in [1.54, 1.807) is 5.38 Å². The molecule has 0 saturated heterocycles. The molecule has 0 spiro atoms. The quantitative estimate of drug-likeness (QED) is 0.899. The van der Waals surface area contributed by atoms with Crippen molar-refractivity contribution in [3.05, 3.63) is 50.4 Å². The van der Waals surface area contributed by atoms with Gasteiger partial charge in [-0.1, -0.05) is 23.7 Å². The standard InChI is InChI=1S/C14H14ClN3OS.ClH/c15-10-3-1-2-9-8(10)4-5-11(9)18-14(19)12-7-20-13(6-16)17-12;/h1-3,7,11H,4-6,16H2,(H,18,19);1H. The van der Waals surface area contributed by atoms with E-state index in [-0.39, 0.29) is 24.4 Å². The number of nitrogens with two attached hydrogens (primary N) is 1. The highest BCUT2D eigenvalue weighted by Crippen LogP contribution is 2.35. The van der Waals surface area contributed by atoms with E-state index in [0.717, 1.165) is 34.0 Å². The number of thiazole rings is 1. The molecule has 1 amide bonds. The first-order chi connectivity index (χ1) is 9.69. The Labute approximate surface area is 138 Å². The molecule has 1 aromatic heterocycles. The third-order valence-corrected chi connectivity index (χ3v) is 4.70. The molecule has 7 heteroatoms. The van der Waals surface area contributed by atoms with E-state index in [2.05, 4.69) is 10.3 Å². The summed E-state index contributed by atoms with van der Waals surface area (Å²) in [6.45, 7) is 0.361. The van der Waals surface area contributed by atoms with Crippen molar-refractivity contribution < 1.29 is 4.79 Å². The Balaban J connectivity index is 0.00000161. The second-order valence-electron chi connectivity index (χ2n) is 4.70. The number of rotatable bonds is 3. The maximum absolute atomic E-state index is 12.2. The van der Waals surface area contributed by atoms with Crippen LogP contribution in [0.5, 0.6) is 0 Å². The van der Waals surface area contributed by atoms with E-state index in [0.29, 0.717) is 12.2 Å². The Bertz CT molecular complexity index is 659. The molecular weight excluding hydrogens is 329 g/mol. The minimum Gasteiger partial charge on any atom is -0.344 e. The topological polar surface area (TPSA) is 68.0 Å². The summed E-state index contributed by atoms with van der Waals surface area (Å²) in [5, 5.41) is 6.31. The summed E-state index contributed by atoms with van der Waals surface area (Å²) < 4.78 is 0. The highest BCUT2D eigenvalue weighted by molar-refractivity contribution is 7.09. The number of nitrogens with zero attached hydrogens (tertiary/aromatic N) is 1. The Kier molecular flexibility index (Phi) is 5.22. The zero-order valence-electron chi connectivity index (χ0n) is 11.1. The number of nitrogens with one attached hydrogen (secondary N) is 1. The van der Waals surface area contributed by atoms with E-state index in [1.807, 2.05) is 18.2 Å². The number of fused-ring (bicyclic) bond motifs is 1. The Hall–Kier alpha value is -1.14. The summed E-state index contributed by atoms with van der Waals surface area (Å²) in [5.41, 5.74) is 8.19. The monoisotopic (exact) mass is 343 g/mol. The molecule has 0 aliphatic heterocycles. The lowest BCUT2D eigenvalue weighted by Crippen LogP contribution is -2.27. The summed E-state index contributed by atoms with van der Waals surface area (Å²) in [7, 11) is 0. The number of benzene rings is 1. The molecule has 1 atom stereocenters. The lowest BCUT2D eigenvalue weighted by Gasteiger charge is -2.13. The van der Waals surface area contributed by atoms with E-state index >= 15 is 0 Å². The third kappa shape index (κ3) is 3.21. The van der Waals surface area contributed by atoms with E-state index < -0.39 is 0 Å². The molecular formula is C14H15Cl2N3OS. The number of carbonyl (C=O) groups excluding carboxylic acids is 1. The van der Waals surface area contributed by atoms with Gasteiger partial charge >= 0.3 is 0 Å². The lowest BCUT2D eigenvalue weighted by molar-refractivity contribution is 0.0932. The molecule has 1 aliphatic rings. The molecule has 4 nitrogen and oxygen atoms in total. The minimum atomic E-state index is -0.154. The maximum Gasteiger partial charge on any atom is 0.271 e. The van der Waals surface area contributed by atoms with Gasteiger partial charge in [-0.05, 0) is 30.0 Å². The minimum absolute atomic E-state index is 0. The fourth-order valence-corrected chi connectivity index (χ4v) is 3.43. The Morgan fingerprint density at radius 2 is 2.33 bits per heavy atom. The highest BCUT2D eigenvalue weighted by Gasteiger charge is 2.26. The van der Waals surface area contributed by atoms with Crippen molar-refractivity contribution in [2.24, 2.45) is 5.73 Å². The Morgan fingerprint density at radius 1 is 1.52 bits per heavy atom. The van der Waals surface area contributed by atoms with Gasteiger partial charge in [0.25, 0.3) is 5.91 Å². The van der Waals surface area contributed by atoms with Crippen LogP contribution in [0.1, 0.15) is 39.1 Å². The van der Waals surface area contributed by atoms with Crippen molar-refractivity contribution in [3.63, 3.8) is 0 Å². The predicted octanol–water partition coefficient (Wildman–Crippen LogP) is 3.09. The van der Waals surface area contributed by atoms with Gasteiger partial charge in [0, 0.05) is 16.9 Å². The van der Waals surface area contributed by atoms with Crippen LogP contribution in [-0.4, -0.2) is 10.9 Å². The molecule has 1 heterocycles. The second kappa shape index (κ2) is 6.75. The summed E-state index contributed by atoms with van der Waals surface area (Å²) in [5.74, 6) is -0.154.